The van der Waals surface area contributed by atoms with Crippen LogP contribution in [0.15, 0.2) is 60.7 Å². The highest BCUT2D eigenvalue weighted by molar-refractivity contribution is 5.82. The van der Waals surface area contributed by atoms with Gasteiger partial charge in [0.05, 0.1) is 5.92 Å². The Morgan fingerprint density at radius 2 is 1.62 bits per heavy atom. The molecule has 5 nitrogen and oxygen atoms in total. The van der Waals surface area contributed by atoms with Crippen LogP contribution >= 0.6 is 0 Å². The normalized spacial score (nSPS) is 13.0. The Hall–Kier alpha value is -2.66. The van der Waals surface area contributed by atoms with E-state index in [9.17, 15) is 14.7 Å². The van der Waals surface area contributed by atoms with E-state index in [-0.39, 0.29) is 12.5 Å². The quantitative estimate of drug-likeness (QED) is 0.781. The van der Waals surface area contributed by atoms with Crippen molar-refractivity contribution in [1.82, 2.24) is 5.32 Å². The van der Waals surface area contributed by atoms with E-state index < -0.39 is 18.0 Å². The molecule has 0 saturated heterocycles. The molecular formula is C19H21NO4. The molecule has 2 unspecified atom stereocenters. The lowest BCUT2D eigenvalue weighted by Crippen LogP contribution is -2.37. The van der Waals surface area contributed by atoms with Crippen LogP contribution in [0.4, 0.5) is 0 Å². The number of rotatable bonds is 8. The molecule has 0 aliphatic heterocycles. The molecule has 0 bridgehead atoms. The van der Waals surface area contributed by atoms with Gasteiger partial charge >= 0.3 is 5.97 Å². The van der Waals surface area contributed by atoms with Crippen molar-refractivity contribution in [3.8, 4) is 0 Å². The van der Waals surface area contributed by atoms with E-state index in [1.165, 1.54) is 7.11 Å². The number of carboxylic acid groups (broad SMARTS) is 1. The molecular weight excluding hydrogens is 306 g/mol. The molecule has 0 aliphatic rings. The van der Waals surface area contributed by atoms with E-state index >= 15 is 0 Å². The first-order chi connectivity index (χ1) is 11.6. The smallest absolute Gasteiger partial charge is 0.308 e. The zero-order valence-corrected chi connectivity index (χ0v) is 13.5. The van der Waals surface area contributed by atoms with Gasteiger partial charge in [-0.05, 0) is 17.5 Å². The zero-order chi connectivity index (χ0) is 17.4. The summed E-state index contributed by atoms with van der Waals surface area (Å²) < 4.78 is 5.25. The standard InChI is InChI=1S/C19H21NO4/c1-24-17(15-10-6-3-7-11-15)18(21)20-13-16(19(22)23)12-14-8-4-2-5-9-14/h2-11,16-17H,12-13H2,1H3,(H,20,21)(H,22,23). The van der Waals surface area contributed by atoms with Crippen molar-refractivity contribution in [3.63, 3.8) is 0 Å². The summed E-state index contributed by atoms with van der Waals surface area (Å²) in [7, 11) is 1.45. The van der Waals surface area contributed by atoms with Crippen molar-refractivity contribution < 1.29 is 19.4 Å². The fourth-order valence-electron chi connectivity index (χ4n) is 2.48. The van der Waals surface area contributed by atoms with E-state index in [0.29, 0.717) is 6.42 Å². The first-order valence-corrected chi connectivity index (χ1v) is 7.74. The van der Waals surface area contributed by atoms with Gasteiger partial charge in [0.15, 0.2) is 6.10 Å². The lowest BCUT2D eigenvalue weighted by atomic mass is 9.99. The fraction of sp³-hybridized carbons (Fsp3) is 0.263. The first kappa shape index (κ1) is 17.7. The third kappa shape index (κ3) is 4.93. The summed E-state index contributed by atoms with van der Waals surface area (Å²) in [5.74, 6) is -1.97. The highest BCUT2D eigenvalue weighted by Crippen LogP contribution is 2.16. The molecule has 0 spiro atoms. The summed E-state index contributed by atoms with van der Waals surface area (Å²) >= 11 is 0. The molecule has 0 heterocycles. The molecule has 2 aromatic carbocycles. The van der Waals surface area contributed by atoms with Gasteiger partial charge in [0.2, 0.25) is 0 Å². The predicted molar refractivity (Wildman–Crippen MR) is 90.5 cm³/mol. The lowest BCUT2D eigenvalue weighted by Gasteiger charge is -2.18. The summed E-state index contributed by atoms with van der Waals surface area (Å²) in [6, 6.07) is 18.5. The summed E-state index contributed by atoms with van der Waals surface area (Å²) in [5, 5.41) is 12.1. The number of ether oxygens (including phenoxy) is 1. The van der Waals surface area contributed by atoms with E-state index in [1.54, 1.807) is 12.1 Å². The molecule has 126 valence electrons. The molecule has 0 aliphatic carbocycles. The van der Waals surface area contributed by atoms with Crippen molar-refractivity contribution in [1.29, 1.82) is 0 Å². The van der Waals surface area contributed by atoms with Crippen LogP contribution < -0.4 is 5.32 Å². The number of hydrogen-bond donors (Lipinski definition) is 2. The Morgan fingerprint density at radius 1 is 1.04 bits per heavy atom. The average Bonchev–Trinajstić information content (AvgIpc) is 2.61. The molecule has 2 rings (SSSR count). The zero-order valence-electron chi connectivity index (χ0n) is 13.5. The summed E-state index contributed by atoms with van der Waals surface area (Å²) in [6.45, 7) is 0.0513. The van der Waals surface area contributed by atoms with Crippen molar-refractivity contribution in [3.05, 3.63) is 71.8 Å². The Labute approximate surface area is 141 Å². The van der Waals surface area contributed by atoms with Crippen molar-refractivity contribution >= 4 is 11.9 Å². The molecule has 5 heteroatoms. The van der Waals surface area contributed by atoms with Gasteiger partial charge in [-0.3, -0.25) is 9.59 Å². The highest BCUT2D eigenvalue weighted by atomic mass is 16.5. The molecule has 2 N–H and O–H groups in total. The molecule has 0 aromatic heterocycles. The maximum Gasteiger partial charge on any atom is 0.308 e. The summed E-state index contributed by atoms with van der Waals surface area (Å²) in [4.78, 5) is 23.8. The van der Waals surface area contributed by atoms with Gasteiger partial charge in [-0.1, -0.05) is 60.7 Å². The third-order valence-electron chi connectivity index (χ3n) is 3.77. The van der Waals surface area contributed by atoms with E-state index in [1.807, 2.05) is 48.5 Å². The number of carbonyl (C=O) groups is 2. The monoisotopic (exact) mass is 327 g/mol. The van der Waals surface area contributed by atoms with Crippen LogP contribution in [0, 0.1) is 5.92 Å². The topological polar surface area (TPSA) is 75.6 Å². The van der Waals surface area contributed by atoms with E-state index in [0.717, 1.165) is 11.1 Å². The third-order valence-corrected chi connectivity index (χ3v) is 3.77. The minimum absolute atomic E-state index is 0.0513. The van der Waals surface area contributed by atoms with Crippen LogP contribution in [-0.2, 0) is 20.7 Å². The fourth-order valence-corrected chi connectivity index (χ4v) is 2.48. The molecule has 0 saturated carbocycles. The number of amides is 1. The predicted octanol–water partition coefficient (Wildman–Crippen LogP) is 2.43. The van der Waals surface area contributed by atoms with Crippen molar-refractivity contribution in [2.24, 2.45) is 5.92 Å². The second kappa shape index (κ2) is 8.84. The van der Waals surface area contributed by atoms with Gasteiger partial charge in [0, 0.05) is 13.7 Å². The van der Waals surface area contributed by atoms with E-state index in [4.69, 9.17) is 4.74 Å². The number of carbonyl (C=O) groups excluding carboxylic acids is 1. The molecule has 24 heavy (non-hydrogen) atoms. The summed E-state index contributed by atoms with van der Waals surface area (Å²) in [6.07, 6.45) is -0.392. The van der Waals surface area contributed by atoms with Gasteiger partial charge < -0.3 is 15.2 Å². The van der Waals surface area contributed by atoms with E-state index in [2.05, 4.69) is 5.32 Å². The maximum absolute atomic E-state index is 12.3. The van der Waals surface area contributed by atoms with Crippen LogP contribution in [0.5, 0.6) is 0 Å². The van der Waals surface area contributed by atoms with Gasteiger partial charge in [-0.2, -0.15) is 0 Å². The average molecular weight is 327 g/mol. The van der Waals surface area contributed by atoms with Gasteiger partial charge in [-0.15, -0.1) is 0 Å². The second-order valence-corrected chi connectivity index (χ2v) is 5.50. The molecule has 2 aromatic rings. The van der Waals surface area contributed by atoms with Crippen molar-refractivity contribution in [2.75, 3.05) is 13.7 Å². The minimum atomic E-state index is -0.937. The Bertz CT molecular complexity index is 658. The van der Waals surface area contributed by atoms with Crippen LogP contribution in [0.1, 0.15) is 17.2 Å². The SMILES string of the molecule is COC(C(=O)NCC(Cc1ccccc1)C(=O)O)c1ccccc1. The van der Waals surface area contributed by atoms with Crippen LogP contribution in [0.25, 0.3) is 0 Å². The number of nitrogens with one attached hydrogen (secondary N) is 1. The molecule has 1 amide bonds. The summed E-state index contributed by atoms with van der Waals surface area (Å²) in [5.41, 5.74) is 1.65. The second-order valence-electron chi connectivity index (χ2n) is 5.50. The van der Waals surface area contributed by atoms with Crippen LogP contribution in [-0.4, -0.2) is 30.6 Å². The number of hydrogen-bond acceptors (Lipinski definition) is 3. The number of benzene rings is 2. The Balaban J connectivity index is 1.98. The first-order valence-electron chi connectivity index (χ1n) is 7.74. The molecule has 0 fully saturated rings. The molecule has 0 radical (unpaired) electrons. The van der Waals surface area contributed by atoms with Crippen LogP contribution in [0.3, 0.4) is 0 Å². The Kier molecular flexibility index (Phi) is 6.51. The van der Waals surface area contributed by atoms with Crippen LogP contribution in [0.2, 0.25) is 0 Å². The lowest BCUT2D eigenvalue weighted by molar-refractivity contribution is -0.142. The number of aliphatic carboxylic acids is 1. The highest BCUT2D eigenvalue weighted by Gasteiger charge is 2.23. The van der Waals surface area contributed by atoms with Gasteiger partial charge in [-0.25, -0.2) is 0 Å². The molecule has 2 atom stereocenters. The van der Waals surface area contributed by atoms with Gasteiger partial charge in [0.25, 0.3) is 5.91 Å². The largest absolute Gasteiger partial charge is 0.481 e. The Morgan fingerprint density at radius 3 is 2.17 bits per heavy atom. The minimum Gasteiger partial charge on any atom is -0.481 e. The van der Waals surface area contributed by atoms with Gasteiger partial charge in [0.1, 0.15) is 0 Å². The maximum atomic E-state index is 12.3. The number of methoxy groups -OCH3 is 1. The number of carboxylic acids is 1. The van der Waals surface area contributed by atoms with Crippen molar-refractivity contribution in [2.45, 2.75) is 12.5 Å².